The van der Waals surface area contributed by atoms with Crippen molar-refractivity contribution in [3.8, 4) is 0 Å². The van der Waals surface area contributed by atoms with Gasteiger partial charge in [0.2, 0.25) is 5.91 Å². The molecular weight excluding hydrogens is 254 g/mol. The predicted molar refractivity (Wildman–Crippen MR) is 80.1 cm³/mol. The molecule has 0 radical (unpaired) electrons. The van der Waals surface area contributed by atoms with E-state index in [4.69, 9.17) is 0 Å². The molecule has 108 valence electrons. The first-order valence-corrected chi connectivity index (χ1v) is 6.75. The van der Waals surface area contributed by atoms with E-state index in [9.17, 15) is 9.59 Å². The van der Waals surface area contributed by atoms with E-state index in [1.54, 1.807) is 11.9 Å². The zero-order valence-electron chi connectivity index (χ0n) is 12.4. The van der Waals surface area contributed by atoms with E-state index in [-0.39, 0.29) is 17.5 Å². The highest BCUT2D eigenvalue weighted by Crippen LogP contribution is 2.29. The van der Waals surface area contributed by atoms with Gasteiger partial charge in [-0.1, -0.05) is 0 Å². The minimum Gasteiger partial charge on any atom is -0.333 e. The first-order chi connectivity index (χ1) is 9.26. The molecule has 1 heterocycles. The van der Waals surface area contributed by atoms with Crippen LogP contribution < -0.4 is 15.5 Å². The monoisotopic (exact) mass is 275 g/mol. The molecule has 1 aliphatic heterocycles. The SMILES string of the molecule is CN1C(=O)CCc2cc(NC(=O)NC(C)(C)C)ccc21. The lowest BCUT2D eigenvalue weighted by atomic mass is 10.0. The van der Waals surface area contributed by atoms with E-state index in [1.807, 2.05) is 39.0 Å². The summed E-state index contributed by atoms with van der Waals surface area (Å²) >= 11 is 0. The van der Waals surface area contributed by atoms with Gasteiger partial charge >= 0.3 is 6.03 Å². The molecule has 2 rings (SSSR count). The summed E-state index contributed by atoms with van der Waals surface area (Å²) in [5.41, 5.74) is 2.47. The van der Waals surface area contributed by atoms with E-state index in [1.165, 1.54) is 0 Å². The maximum absolute atomic E-state index is 11.8. The Kier molecular flexibility index (Phi) is 3.70. The molecule has 0 aromatic heterocycles. The fourth-order valence-corrected chi connectivity index (χ4v) is 2.24. The maximum atomic E-state index is 11.8. The number of nitrogens with one attached hydrogen (secondary N) is 2. The number of anilines is 2. The molecule has 0 saturated heterocycles. The van der Waals surface area contributed by atoms with Crippen molar-refractivity contribution in [3.05, 3.63) is 23.8 Å². The molecule has 5 nitrogen and oxygen atoms in total. The number of hydrogen-bond acceptors (Lipinski definition) is 2. The van der Waals surface area contributed by atoms with Gasteiger partial charge in [0.05, 0.1) is 0 Å². The van der Waals surface area contributed by atoms with Gasteiger partial charge in [-0.05, 0) is 51.0 Å². The van der Waals surface area contributed by atoms with Gasteiger partial charge in [0.1, 0.15) is 0 Å². The number of hydrogen-bond donors (Lipinski definition) is 2. The third kappa shape index (κ3) is 3.29. The Balaban J connectivity index is 2.12. The van der Waals surface area contributed by atoms with Crippen LogP contribution in [-0.2, 0) is 11.2 Å². The van der Waals surface area contributed by atoms with Gasteiger partial charge in [0.15, 0.2) is 0 Å². The summed E-state index contributed by atoms with van der Waals surface area (Å²) in [6.07, 6.45) is 1.23. The Bertz CT molecular complexity index is 547. The molecule has 1 aliphatic rings. The molecule has 0 unspecified atom stereocenters. The lowest BCUT2D eigenvalue weighted by Crippen LogP contribution is -2.43. The van der Waals surface area contributed by atoms with Crippen LogP contribution in [0.15, 0.2) is 18.2 Å². The van der Waals surface area contributed by atoms with Crippen molar-refractivity contribution in [2.45, 2.75) is 39.2 Å². The van der Waals surface area contributed by atoms with Crippen molar-refractivity contribution in [1.29, 1.82) is 0 Å². The van der Waals surface area contributed by atoms with Crippen molar-refractivity contribution in [3.63, 3.8) is 0 Å². The van der Waals surface area contributed by atoms with Crippen LogP contribution in [-0.4, -0.2) is 24.5 Å². The molecule has 3 amide bonds. The highest BCUT2D eigenvalue weighted by molar-refractivity contribution is 5.97. The second kappa shape index (κ2) is 5.15. The standard InChI is InChI=1S/C15H21N3O2/c1-15(2,3)17-14(20)16-11-6-7-12-10(9-11)5-8-13(19)18(12)4/h6-7,9H,5,8H2,1-4H3,(H2,16,17,20). The minimum absolute atomic E-state index is 0.128. The third-order valence-corrected chi connectivity index (χ3v) is 3.17. The lowest BCUT2D eigenvalue weighted by molar-refractivity contribution is -0.118. The van der Waals surface area contributed by atoms with Crippen LogP contribution in [0.3, 0.4) is 0 Å². The fourth-order valence-electron chi connectivity index (χ4n) is 2.24. The Morgan fingerprint density at radius 1 is 1.25 bits per heavy atom. The van der Waals surface area contributed by atoms with Crippen LogP contribution in [0.1, 0.15) is 32.8 Å². The van der Waals surface area contributed by atoms with Gasteiger partial charge in [0.25, 0.3) is 0 Å². The van der Waals surface area contributed by atoms with Crippen molar-refractivity contribution >= 4 is 23.3 Å². The summed E-state index contributed by atoms with van der Waals surface area (Å²) < 4.78 is 0. The topological polar surface area (TPSA) is 61.4 Å². The summed E-state index contributed by atoms with van der Waals surface area (Å²) in [5.74, 6) is 0.128. The molecule has 5 heteroatoms. The molecule has 0 fully saturated rings. The van der Waals surface area contributed by atoms with Crippen LogP contribution in [0.2, 0.25) is 0 Å². The number of urea groups is 1. The van der Waals surface area contributed by atoms with E-state index in [2.05, 4.69) is 10.6 Å². The largest absolute Gasteiger partial charge is 0.333 e. The predicted octanol–water partition coefficient (Wildman–Crippen LogP) is 2.52. The van der Waals surface area contributed by atoms with Crippen LogP contribution in [0.5, 0.6) is 0 Å². The van der Waals surface area contributed by atoms with Gasteiger partial charge in [-0.25, -0.2) is 4.79 Å². The second-order valence-corrected chi connectivity index (χ2v) is 6.13. The molecular formula is C15H21N3O2. The normalized spacial score (nSPS) is 14.8. The third-order valence-electron chi connectivity index (χ3n) is 3.17. The van der Waals surface area contributed by atoms with Gasteiger partial charge in [0, 0.05) is 30.4 Å². The average molecular weight is 275 g/mol. The molecule has 2 N–H and O–H groups in total. The Labute approximate surface area is 119 Å². The van der Waals surface area contributed by atoms with Gasteiger partial charge in [-0.3, -0.25) is 4.79 Å². The highest BCUT2D eigenvalue weighted by atomic mass is 16.2. The molecule has 0 aliphatic carbocycles. The number of nitrogens with zero attached hydrogens (tertiary/aromatic N) is 1. The molecule has 20 heavy (non-hydrogen) atoms. The number of amides is 3. The van der Waals surface area contributed by atoms with Gasteiger partial charge in [-0.15, -0.1) is 0 Å². The lowest BCUT2D eigenvalue weighted by Gasteiger charge is -2.26. The molecule has 0 spiro atoms. The summed E-state index contributed by atoms with van der Waals surface area (Å²) in [4.78, 5) is 25.1. The zero-order valence-corrected chi connectivity index (χ0v) is 12.4. The zero-order chi connectivity index (χ0) is 14.9. The van der Waals surface area contributed by atoms with Crippen molar-refractivity contribution in [2.24, 2.45) is 0 Å². The fraction of sp³-hybridized carbons (Fsp3) is 0.467. The van der Waals surface area contributed by atoms with Gasteiger partial charge < -0.3 is 15.5 Å². The molecule has 1 aromatic carbocycles. The van der Waals surface area contributed by atoms with Crippen LogP contribution in [0, 0.1) is 0 Å². The van der Waals surface area contributed by atoms with Crippen LogP contribution in [0.25, 0.3) is 0 Å². The highest BCUT2D eigenvalue weighted by Gasteiger charge is 2.21. The van der Waals surface area contributed by atoms with Crippen molar-refractivity contribution in [1.82, 2.24) is 5.32 Å². The number of carbonyl (C=O) groups excluding carboxylic acids is 2. The second-order valence-electron chi connectivity index (χ2n) is 6.13. The molecule has 0 bridgehead atoms. The van der Waals surface area contributed by atoms with E-state index in [0.29, 0.717) is 6.42 Å². The smallest absolute Gasteiger partial charge is 0.319 e. The number of rotatable bonds is 1. The first-order valence-electron chi connectivity index (χ1n) is 6.75. The minimum atomic E-state index is -0.273. The number of aryl methyl sites for hydroxylation is 1. The number of benzene rings is 1. The van der Waals surface area contributed by atoms with E-state index in [0.717, 1.165) is 23.4 Å². The van der Waals surface area contributed by atoms with E-state index >= 15 is 0 Å². The molecule has 0 atom stereocenters. The summed E-state index contributed by atoms with van der Waals surface area (Å²) in [7, 11) is 1.78. The average Bonchev–Trinajstić information content (AvgIpc) is 2.31. The maximum Gasteiger partial charge on any atom is 0.319 e. The van der Waals surface area contributed by atoms with Crippen LogP contribution in [0.4, 0.5) is 16.2 Å². The Morgan fingerprint density at radius 2 is 1.95 bits per heavy atom. The quantitative estimate of drug-likeness (QED) is 0.827. The molecule has 1 aromatic rings. The Hall–Kier alpha value is -2.04. The van der Waals surface area contributed by atoms with Gasteiger partial charge in [-0.2, -0.15) is 0 Å². The number of carbonyl (C=O) groups is 2. The Morgan fingerprint density at radius 3 is 2.60 bits per heavy atom. The summed E-state index contributed by atoms with van der Waals surface area (Å²) in [6.45, 7) is 5.79. The van der Waals surface area contributed by atoms with Crippen molar-refractivity contribution in [2.75, 3.05) is 17.3 Å². The summed E-state index contributed by atoms with van der Waals surface area (Å²) in [5, 5.41) is 5.67. The van der Waals surface area contributed by atoms with Crippen molar-refractivity contribution < 1.29 is 9.59 Å². The molecule has 0 saturated carbocycles. The first kappa shape index (κ1) is 14.4. The summed E-state index contributed by atoms with van der Waals surface area (Å²) in [6, 6.07) is 5.40. The van der Waals surface area contributed by atoms with Crippen LogP contribution >= 0.6 is 0 Å². The number of fused-ring (bicyclic) bond motifs is 1. The van der Waals surface area contributed by atoms with E-state index < -0.39 is 0 Å².